The molecular weight excluding hydrogens is 402 g/mol. The lowest BCUT2D eigenvalue weighted by Gasteiger charge is -2.34. The lowest BCUT2D eigenvalue weighted by molar-refractivity contribution is -0.139. The fraction of sp³-hybridized carbons (Fsp3) is 0.333. The minimum absolute atomic E-state index is 0.0970. The normalized spacial score (nSPS) is 18.2. The van der Waals surface area contributed by atoms with Crippen molar-refractivity contribution in [1.82, 2.24) is 5.32 Å². The van der Waals surface area contributed by atoms with E-state index in [0.717, 1.165) is 41.1 Å². The van der Waals surface area contributed by atoms with Crippen LogP contribution in [0.2, 0.25) is 0 Å². The number of nitrogens with one attached hydrogen (secondary N) is 1. The summed E-state index contributed by atoms with van der Waals surface area (Å²) >= 11 is 0. The Hall–Kier alpha value is -3.34. The summed E-state index contributed by atoms with van der Waals surface area (Å²) in [7, 11) is 0. The van der Waals surface area contributed by atoms with Crippen LogP contribution in [0.25, 0.3) is 0 Å². The van der Waals surface area contributed by atoms with Gasteiger partial charge in [0.2, 0.25) is 0 Å². The maximum Gasteiger partial charge on any atom is 0.336 e. The highest BCUT2D eigenvalue weighted by Gasteiger charge is 2.39. The van der Waals surface area contributed by atoms with Gasteiger partial charge >= 0.3 is 5.97 Å². The third-order valence-electron chi connectivity index (χ3n) is 5.99. The smallest absolute Gasteiger partial charge is 0.336 e. The van der Waals surface area contributed by atoms with E-state index in [2.05, 4.69) is 5.32 Å². The molecule has 0 bridgehead atoms. The second-order valence-corrected chi connectivity index (χ2v) is 8.14. The van der Waals surface area contributed by atoms with Gasteiger partial charge in [0.05, 0.1) is 18.8 Å². The largest absolute Gasteiger partial charge is 0.494 e. The predicted molar refractivity (Wildman–Crippen MR) is 123 cm³/mol. The molecule has 0 saturated carbocycles. The Balaban J connectivity index is 1.62. The van der Waals surface area contributed by atoms with Crippen molar-refractivity contribution < 1.29 is 19.1 Å². The molecule has 0 spiro atoms. The van der Waals surface area contributed by atoms with Crippen LogP contribution in [0.3, 0.4) is 0 Å². The molecule has 2 aliphatic rings. The van der Waals surface area contributed by atoms with Gasteiger partial charge in [-0.3, -0.25) is 4.79 Å². The van der Waals surface area contributed by atoms with Gasteiger partial charge in [-0.05, 0) is 49.9 Å². The minimum atomic E-state index is -0.432. The quantitative estimate of drug-likeness (QED) is 0.636. The van der Waals surface area contributed by atoms with Crippen molar-refractivity contribution in [3.63, 3.8) is 0 Å². The molecule has 0 saturated heterocycles. The number of Topliss-reactive ketones (excluding diaryl/α,β-unsaturated/α-hetero) is 1. The number of ketones is 1. The Morgan fingerprint density at radius 2 is 1.81 bits per heavy atom. The first-order valence-corrected chi connectivity index (χ1v) is 11.3. The molecule has 1 aliphatic carbocycles. The molecule has 0 unspecified atom stereocenters. The Morgan fingerprint density at radius 1 is 1.06 bits per heavy atom. The van der Waals surface area contributed by atoms with Crippen LogP contribution >= 0.6 is 0 Å². The summed E-state index contributed by atoms with van der Waals surface area (Å²) in [5.74, 6) is 0.0514. The summed E-state index contributed by atoms with van der Waals surface area (Å²) in [6.45, 7) is 4.69. The average molecular weight is 432 g/mol. The van der Waals surface area contributed by atoms with Crippen LogP contribution in [0, 0.1) is 0 Å². The van der Waals surface area contributed by atoms with Crippen molar-refractivity contribution in [2.45, 2.75) is 45.4 Å². The zero-order valence-corrected chi connectivity index (χ0v) is 18.6. The van der Waals surface area contributed by atoms with E-state index in [1.165, 1.54) is 0 Å². The van der Waals surface area contributed by atoms with Gasteiger partial charge in [0.1, 0.15) is 5.75 Å². The van der Waals surface area contributed by atoms with Crippen LogP contribution in [0.4, 0.5) is 0 Å². The van der Waals surface area contributed by atoms with Crippen molar-refractivity contribution in [2.24, 2.45) is 0 Å². The Bertz CT molecular complexity index is 1050. The predicted octanol–water partition coefficient (Wildman–Crippen LogP) is 4.84. The second kappa shape index (κ2) is 9.86. The van der Waals surface area contributed by atoms with E-state index in [0.29, 0.717) is 30.6 Å². The summed E-state index contributed by atoms with van der Waals surface area (Å²) in [6, 6.07) is 17.6. The highest BCUT2D eigenvalue weighted by Crippen LogP contribution is 2.42. The molecule has 1 N–H and O–H groups in total. The minimum Gasteiger partial charge on any atom is -0.494 e. The van der Waals surface area contributed by atoms with Crippen molar-refractivity contribution >= 4 is 11.8 Å². The Labute approximate surface area is 189 Å². The zero-order chi connectivity index (χ0) is 22.5. The molecule has 0 radical (unpaired) electrons. The first kappa shape index (κ1) is 21.9. The van der Waals surface area contributed by atoms with Crippen LogP contribution in [-0.4, -0.2) is 25.0 Å². The van der Waals surface area contributed by atoms with E-state index in [9.17, 15) is 9.59 Å². The fourth-order valence-corrected chi connectivity index (χ4v) is 4.49. The molecule has 4 rings (SSSR count). The molecule has 1 aliphatic heterocycles. The third kappa shape index (κ3) is 4.62. The second-order valence-electron chi connectivity index (χ2n) is 8.14. The van der Waals surface area contributed by atoms with Crippen LogP contribution in [-0.2, 0) is 20.7 Å². The standard InChI is InChI=1S/C27H29NO4/c1-3-31-21-14-12-20(13-15-21)25-24(18(2)28-22-10-7-11-23(29)26(22)25)27(30)32-17-16-19-8-5-4-6-9-19/h4-6,8-9,12-15,25,28H,3,7,10-11,16-17H2,1-2H3/t25-/m1/s1. The molecule has 0 aromatic heterocycles. The van der Waals surface area contributed by atoms with Gasteiger partial charge in [0, 0.05) is 35.7 Å². The maximum atomic E-state index is 13.3. The van der Waals surface area contributed by atoms with Gasteiger partial charge in [0.25, 0.3) is 0 Å². The molecule has 1 heterocycles. The number of rotatable bonds is 7. The van der Waals surface area contributed by atoms with Gasteiger partial charge in [-0.15, -0.1) is 0 Å². The number of ether oxygens (including phenoxy) is 2. The van der Waals surface area contributed by atoms with Crippen molar-refractivity contribution in [3.05, 3.63) is 88.3 Å². The number of hydrogen-bond acceptors (Lipinski definition) is 5. The van der Waals surface area contributed by atoms with Crippen LogP contribution in [0.15, 0.2) is 77.1 Å². The molecule has 5 heteroatoms. The molecule has 0 fully saturated rings. The van der Waals surface area contributed by atoms with E-state index < -0.39 is 5.92 Å². The molecule has 32 heavy (non-hydrogen) atoms. The van der Waals surface area contributed by atoms with Gasteiger partial charge in [0.15, 0.2) is 5.78 Å². The molecule has 2 aromatic rings. The third-order valence-corrected chi connectivity index (χ3v) is 5.99. The summed E-state index contributed by atoms with van der Waals surface area (Å²) in [5.41, 5.74) is 4.90. The maximum absolute atomic E-state index is 13.3. The van der Waals surface area contributed by atoms with Crippen molar-refractivity contribution in [1.29, 1.82) is 0 Å². The molecule has 2 aromatic carbocycles. The first-order valence-electron chi connectivity index (χ1n) is 11.3. The zero-order valence-electron chi connectivity index (χ0n) is 18.6. The lowest BCUT2D eigenvalue weighted by atomic mass is 9.75. The molecule has 166 valence electrons. The van der Waals surface area contributed by atoms with Crippen LogP contribution < -0.4 is 10.1 Å². The number of esters is 1. The highest BCUT2D eigenvalue weighted by molar-refractivity contribution is 6.03. The van der Waals surface area contributed by atoms with Gasteiger partial charge in [-0.25, -0.2) is 4.79 Å². The van der Waals surface area contributed by atoms with Crippen molar-refractivity contribution in [2.75, 3.05) is 13.2 Å². The number of dihydropyridines is 1. The Kier molecular flexibility index (Phi) is 6.74. The van der Waals surface area contributed by atoms with E-state index in [1.54, 1.807) is 0 Å². The summed E-state index contributed by atoms with van der Waals surface area (Å²) in [6.07, 6.45) is 2.78. The first-order chi connectivity index (χ1) is 15.6. The van der Waals surface area contributed by atoms with Gasteiger partial charge in [-0.2, -0.15) is 0 Å². The van der Waals surface area contributed by atoms with Crippen molar-refractivity contribution in [3.8, 4) is 5.75 Å². The van der Waals surface area contributed by atoms with E-state index in [1.807, 2.05) is 68.4 Å². The average Bonchev–Trinajstić information content (AvgIpc) is 2.80. The van der Waals surface area contributed by atoms with Gasteiger partial charge in [-0.1, -0.05) is 42.5 Å². The molecule has 5 nitrogen and oxygen atoms in total. The number of benzene rings is 2. The summed E-state index contributed by atoms with van der Waals surface area (Å²) in [4.78, 5) is 26.2. The van der Waals surface area contributed by atoms with E-state index in [4.69, 9.17) is 9.47 Å². The monoisotopic (exact) mass is 431 g/mol. The molecular formula is C27H29NO4. The van der Waals surface area contributed by atoms with Crippen LogP contribution in [0.5, 0.6) is 5.75 Å². The lowest BCUT2D eigenvalue weighted by Crippen LogP contribution is -2.34. The molecule has 1 atom stereocenters. The highest BCUT2D eigenvalue weighted by atomic mass is 16.5. The topological polar surface area (TPSA) is 64.6 Å². The van der Waals surface area contributed by atoms with E-state index in [-0.39, 0.29) is 18.4 Å². The Morgan fingerprint density at radius 3 is 2.53 bits per heavy atom. The van der Waals surface area contributed by atoms with Gasteiger partial charge < -0.3 is 14.8 Å². The SMILES string of the molecule is CCOc1ccc([C@@H]2C(C(=O)OCCc3ccccc3)=C(C)NC3=C2C(=O)CCC3)cc1. The van der Waals surface area contributed by atoms with E-state index >= 15 is 0 Å². The number of carbonyl (C=O) groups is 2. The summed E-state index contributed by atoms with van der Waals surface area (Å²) < 4.78 is 11.3. The number of allylic oxidation sites excluding steroid dienone is 3. The number of hydrogen-bond donors (Lipinski definition) is 1. The fourth-order valence-electron chi connectivity index (χ4n) is 4.49. The van der Waals surface area contributed by atoms with Crippen LogP contribution in [0.1, 0.15) is 50.2 Å². The molecule has 0 amide bonds. The summed E-state index contributed by atoms with van der Waals surface area (Å²) in [5, 5.41) is 3.33. The number of carbonyl (C=O) groups excluding carboxylic acids is 2.